The van der Waals surface area contributed by atoms with Crippen LogP contribution in [-0.4, -0.2) is 87.7 Å². The lowest BCUT2D eigenvalue weighted by molar-refractivity contribution is 0.103. The average Bonchev–Trinajstić information content (AvgIpc) is 3.86. The number of nitrogens with one attached hydrogen (secondary N) is 1. The molecule has 0 amide bonds. The van der Waals surface area contributed by atoms with E-state index in [1.807, 2.05) is 35.1 Å². The molecule has 2 saturated heterocycles. The Morgan fingerprint density at radius 3 is 2.26 bits per heavy atom. The molecule has 0 unspecified atom stereocenters. The highest BCUT2D eigenvalue weighted by Crippen LogP contribution is 2.39. The van der Waals surface area contributed by atoms with E-state index in [1.54, 1.807) is 6.08 Å². The smallest absolute Gasteiger partial charge is 0.196 e. The van der Waals surface area contributed by atoms with Gasteiger partial charge in [-0.2, -0.15) is 0 Å². The zero-order valence-corrected chi connectivity index (χ0v) is 24.8. The van der Waals surface area contributed by atoms with Gasteiger partial charge in [-0.15, -0.1) is 0 Å². The quantitative estimate of drug-likeness (QED) is 0.454. The van der Waals surface area contributed by atoms with Crippen molar-refractivity contribution in [2.45, 2.75) is 25.8 Å². The number of likely N-dealkylation sites (N-methyl/N-ethyl adjacent to an activating group) is 2. The molecule has 0 spiro atoms. The third kappa shape index (κ3) is 5.10. The van der Waals surface area contributed by atoms with Crippen molar-refractivity contribution in [1.82, 2.24) is 14.8 Å². The van der Waals surface area contributed by atoms with Crippen LogP contribution in [0.25, 0.3) is 17.0 Å². The van der Waals surface area contributed by atoms with Crippen LogP contribution in [0.4, 0.5) is 25.8 Å². The van der Waals surface area contributed by atoms with Gasteiger partial charge in [0.2, 0.25) is 0 Å². The minimum Gasteiger partial charge on any atom is -0.367 e. The van der Waals surface area contributed by atoms with Crippen molar-refractivity contribution in [1.29, 1.82) is 0 Å². The lowest BCUT2D eigenvalue weighted by Gasteiger charge is -2.36. The summed E-state index contributed by atoms with van der Waals surface area (Å²) in [5.74, 6) is -1.10. The van der Waals surface area contributed by atoms with Gasteiger partial charge in [-0.05, 0) is 57.2 Å². The number of hydrogen-bond acceptors (Lipinski definition) is 7. The number of halogens is 2. The summed E-state index contributed by atoms with van der Waals surface area (Å²) in [6, 6.07) is 6.58. The van der Waals surface area contributed by atoms with Gasteiger partial charge in [0.05, 0.1) is 22.6 Å². The maximum absolute atomic E-state index is 15.5. The molecular formula is C33H38F2N6O2. The maximum Gasteiger partial charge on any atom is 0.196 e. The fourth-order valence-corrected chi connectivity index (χ4v) is 6.69. The van der Waals surface area contributed by atoms with Crippen LogP contribution in [0.2, 0.25) is 0 Å². The minimum atomic E-state index is -0.412. The molecule has 0 radical (unpaired) electrons. The number of hydrogen-bond donors (Lipinski definition) is 1. The van der Waals surface area contributed by atoms with Crippen LogP contribution in [0.5, 0.6) is 0 Å². The summed E-state index contributed by atoms with van der Waals surface area (Å²) < 4.78 is 33.0. The predicted octanol–water partition coefficient (Wildman–Crippen LogP) is 3.88. The van der Waals surface area contributed by atoms with Gasteiger partial charge in [0, 0.05) is 99.8 Å². The van der Waals surface area contributed by atoms with E-state index < -0.39 is 11.6 Å². The first-order valence-corrected chi connectivity index (χ1v) is 15.4. The summed E-state index contributed by atoms with van der Waals surface area (Å²) in [5, 5.41) is 3.61. The molecule has 10 heteroatoms. The lowest BCUT2D eigenvalue weighted by Crippen LogP contribution is -2.45. The van der Waals surface area contributed by atoms with Crippen molar-refractivity contribution in [3.8, 4) is 0 Å². The van der Waals surface area contributed by atoms with E-state index >= 15 is 8.78 Å². The van der Waals surface area contributed by atoms with Gasteiger partial charge in [0.25, 0.3) is 0 Å². The van der Waals surface area contributed by atoms with Crippen LogP contribution in [0.1, 0.15) is 41.7 Å². The molecule has 4 heterocycles. The number of carbonyl (C=O) groups excluding carboxylic acids is 1. The largest absolute Gasteiger partial charge is 0.367 e. The van der Waals surface area contributed by atoms with E-state index in [2.05, 4.69) is 26.7 Å². The first-order valence-electron chi connectivity index (χ1n) is 15.4. The van der Waals surface area contributed by atoms with Gasteiger partial charge in [-0.25, -0.2) is 8.78 Å². The summed E-state index contributed by atoms with van der Waals surface area (Å²) in [5.41, 5.74) is 3.27. The normalized spacial score (nSPS) is 20.8. The van der Waals surface area contributed by atoms with E-state index in [1.165, 1.54) is 12.1 Å². The number of nitrogens with zero attached hydrogens (tertiary/aromatic N) is 5. The second-order valence-corrected chi connectivity index (χ2v) is 12.2. The zero-order chi connectivity index (χ0) is 29.8. The fourth-order valence-electron chi connectivity index (χ4n) is 6.69. The molecule has 1 aliphatic carbocycles. The van der Waals surface area contributed by atoms with Crippen LogP contribution in [0, 0.1) is 11.6 Å². The van der Waals surface area contributed by atoms with Gasteiger partial charge in [0.1, 0.15) is 11.6 Å². The van der Waals surface area contributed by atoms with Crippen LogP contribution in [0.15, 0.2) is 40.8 Å². The first kappa shape index (κ1) is 28.0. The third-order valence-electron chi connectivity index (χ3n) is 9.38. The fraction of sp³-hybridized carbons (Fsp3) is 0.455. The molecule has 1 aromatic heterocycles. The van der Waals surface area contributed by atoms with Crippen molar-refractivity contribution in [3.63, 3.8) is 0 Å². The monoisotopic (exact) mass is 588 g/mol. The summed E-state index contributed by atoms with van der Waals surface area (Å²) in [4.78, 5) is 35.9. The number of Topliss-reactive ketones (excluding diaryl/α,β-unsaturated/α-hetero) is 1. The Bertz CT molecular complexity index is 1680. The summed E-state index contributed by atoms with van der Waals surface area (Å²) in [6.07, 6.45) is 5.44. The van der Waals surface area contributed by atoms with Gasteiger partial charge < -0.3 is 29.5 Å². The molecule has 7 rings (SSSR count). The van der Waals surface area contributed by atoms with E-state index in [9.17, 15) is 9.59 Å². The summed E-state index contributed by atoms with van der Waals surface area (Å²) >= 11 is 0. The van der Waals surface area contributed by atoms with Crippen molar-refractivity contribution < 1.29 is 13.6 Å². The molecule has 0 bridgehead atoms. The molecule has 3 aliphatic heterocycles. The third-order valence-corrected chi connectivity index (χ3v) is 9.38. The number of rotatable bonds is 5. The Kier molecular flexibility index (Phi) is 7.21. The molecule has 4 aliphatic rings. The van der Waals surface area contributed by atoms with Gasteiger partial charge in [-0.3, -0.25) is 9.59 Å². The molecule has 1 N–H and O–H groups in total. The second-order valence-electron chi connectivity index (χ2n) is 12.2. The molecule has 1 saturated carbocycles. The standard InChI is InChI=1S/C33H38F2N6O2/c1-3-38-19-21(32(42)24-15-26(34)30(17-28(24)38)40-12-10-37(2)11-13-40)14-22-20-41(23-4-5-23)29-18-31(39-8-6-36-7-9-39)27(35)16-25(29)33(22)43/h14-18,20,23,36H,3-13,19H2,1-2H3/b21-14+. The number of piperazine rings is 2. The Balaban J connectivity index is 1.28. The van der Waals surface area contributed by atoms with Crippen molar-refractivity contribution in [2.75, 3.05) is 87.2 Å². The van der Waals surface area contributed by atoms with Crippen molar-refractivity contribution >= 4 is 39.8 Å². The SMILES string of the molecule is CCN1C/C(=C\c2cn(C3CC3)c3cc(N4CCNCC4)c(F)cc3c2=O)C(=O)c2cc(F)c(N3CCN(C)CC3)cc21. The van der Waals surface area contributed by atoms with Crippen LogP contribution >= 0.6 is 0 Å². The maximum atomic E-state index is 15.5. The Morgan fingerprint density at radius 2 is 1.56 bits per heavy atom. The minimum absolute atomic E-state index is 0.235. The van der Waals surface area contributed by atoms with Crippen molar-refractivity contribution in [3.05, 3.63) is 69.0 Å². The number of ketones is 1. The van der Waals surface area contributed by atoms with Crippen LogP contribution < -0.4 is 25.4 Å². The van der Waals surface area contributed by atoms with E-state index in [4.69, 9.17) is 0 Å². The molecule has 43 heavy (non-hydrogen) atoms. The Morgan fingerprint density at radius 1 is 0.884 bits per heavy atom. The average molecular weight is 589 g/mol. The summed E-state index contributed by atoms with van der Waals surface area (Å²) in [6.45, 7) is 9.07. The van der Waals surface area contributed by atoms with Crippen LogP contribution in [-0.2, 0) is 0 Å². The number of fused-ring (bicyclic) bond motifs is 2. The molecular weight excluding hydrogens is 550 g/mol. The van der Waals surface area contributed by atoms with E-state index in [0.29, 0.717) is 59.6 Å². The molecule has 226 valence electrons. The number of carbonyl (C=O) groups is 1. The number of pyridine rings is 1. The van der Waals surface area contributed by atoms with E-state index in [-0.39, 0.29) is 17.3 Å². The van der Waals surface area contributed by atoms with Gasteiger partial charge in [-0.1, -0.05) is 0 Å². The van der Waals surface area contributed by atoms with Crippen LogP contribution in [0.3, 0.4) is 0 Å². The Labute approximate surface area is 250 Å². The highest BCUT2D eigenvalue weighted by atomic mass is 19.1. The van der Waals surface area contributed by atoms with Gasteiger partial charge >= 0.3 is 0 Å². The zero-order valence-electron chi connectivity index (χ0n) is 24.8. The van der Waals surface area contributed by atoms with E-state index in [0.717, 1.165) is 63.3 Å². The molecule has 3 fully saturated rings. The highest BCUT2D eigenvalue weighted by molar-refractivity contribution is 6.17. The predicted molar refractivity (Wildman–Crippen MR) is 168 cm³/mol. The number of benzene rings is 2. The van der Waals surface area contributed by atoms with Gasteiger partial charge in [0.15, 0.2) is 11.2 Å². The number of anilines is 3. The second kappa shape index (κ2) is 11.1. The Hall–Kier alpha value is -3.76. The molecule has 0 atom stereocenters. The highest BCUT2D eigenvalue weighted by Gasteiger charge is 2.31. The molecule has 2 aromatic carbocycles. The topological polar surface area (TPSA) is 64.1 Å². The molecule has 3 aromatic rings. The summed E-state index contributed by atoms with van der Waals surface area (Å²) in [7, 11) is 2.06. The number of aromatic nitrogens is 1. The molecule has 8 nitrogen and oxygen atoms in total. The lowest BCUT2D eigenvalue weighted by atomic mass is 9.93. The van der Waals surface area contributed by atoms with Crippen molar-refractivity contribution in [2.24, 2.45) is 0 Å². The first-order chi connectivity index (χ1) is 20.8.